The molecule has 0 saturated carbocycles. The number of hydrogen-bond donors (Lipinski definition) is 1. The van der Waals surface area contributed by atoms with Crippen LogP contribution in [0, 0.1) is 5.82 Å². The molecule has 174 valence electrons. The number of fused-ring (bicyclic) bond motifs is 8. The summed E-state index contributed by atoms with van der Waals surface area (Å²) in [5.74, 6) is -1.07. The number of aryl methyl sites for hydroxylation is 1. The molecule has 3 aromatic rings. The van der Waals surface area contributed by atoms with E-state index in [9.17, 15) is 27.2 Å². The fourth-order valence-electron chi connectivity index (χ4n) is 4.27. The number of pyridine rings is 2. The maximum Gasteiger partial charge on any atom is 0.417 e. The molecule has 1 aromatic carbocycles. The highest BCUT2D eigenvalue weighted by atomic mass is 19.4. The van der Waals surface area contributed by atoms with Gasteiger partial charge in [-0.15, -0.1) is 0 Å². The van der Waals surface area contributed by atoms with Crippen LogP contribution in [-0.4, -0.2) is 22.5 Å². The number of anilines is 3. The average Bonchev–Trinajstić information content (AvgIpc) is 2.79. The number of hydrogen-bond acceptors (Lipinski definition) is 4. The SMILES string of the molecule is O=C1c2cc(C(F)(F)F)cnc2N2CN1c1ccc(=O)[nH]c1CC/C=C\Cc1cc(F)ccc12. The first-order valence-electron chi connectivity index (χ1n) is 10.5. The summed E-state index contributed by atoms with van der Waals surface area (Å²) in [6, 6.07) is 7.67. The number of aromatic nitrogens is 2. The Bertz CT molecular complexity index is 1380. The van der Waals surface area contributed by atoms with Crippen molar-refractivity contribution in [2.45, 2.75) is 25.4 Å². The molecule has 0 spiro atoms. The van der Waals surface area contributed by atoms with Crippen molar-refractivity contribution in [1.29, 1.82) is 0 Å². The van der Waals surface area contributed by atoms with E-state index < -0.39 is 23.5 Å². The lowest BCUT2D eigenvalue weighted by molar-refractivity contribution is -0.137. The molecule has 0 radical (unpaired) electrons. The predicted molar refractivity (Wildman–Crippen MR) is 118 cm³/mol. The van der Waals surface area contributed by atoms with E-state index in [0.29, 0.717) is 48.1 Å². The fraction of sp³-hybridized carbons (Fsp3) is 0.208. The second-order valence-corrected chi connectivity index (χ2v) is 8.07. The summed E-state index contributed by atoms with van der Waals surface area (Å²) >= 11 is 0. The normalized spacial score (nSPS) is 16.6. The molecule has 2 aliphatic heterocycles. The van der Waals surface area contributed by atoms with E-state index in [4.69, 9.17) is 0 Å². The molecule has 5 rings (SSSR count). The van der Waals surface area contributed by atoms with Crippen LogP contribution in [0.15, 0.2) is 59.5 Å². The Balaban J connectivity index is 1.77. The Morgan fingerprint density at radius 2 is 1.76 bits per heavy atom. The van der Waals surface area contributed by atoms with Gasteiger partial charge in [0.1, 0.15) is 18.3 Å². The van der Waals surface area contributed by atoms with Gasteiger partial charge in [-0.2, -0.15) is 13.2 Å². The third-order valence-electron chi connectivity index (χ3n) is 5.87. The molecule has 0 atom stereocenters. The molecule has 4 heterocycles. The summed E-state index contributed by atoms with van der Waals surface area (Å²) in [5.41, 5.74) is 0.360. The fourth-order valence-corrected chi connectivity index (χ4v) is 4.27. The Morgan fingerprint density at radius 1 is 0.971 bits per heavy atom. The van der Waals surface area contributed by atoms with Crippen molar-refractivity contribution >= 4 is 23.1 Å². The minimum Gasteiger partial charge on any atom is -0.324 e. The average molecular weight is 470 g/mol. The maximum atomic E-state index is 14.1. The highest BCUT2D eigenvalue weighted by molar-refractivity contribution is 6.12. The molecule has 2 aromatic heterocycles. The lowest BCUT2D eigenvalue weighted by Crippen LogP contribution is -2.46. The summed E-state index contributed by atoms with van der Waals surface area (Å²) in [5, 5.41) is 0. The Labute approximate surface area is 191 Å². The van der Waals surface area contributed by atoms with Gasteiger partial charge in [-0.25, -0.2) is 9.37 Å². The number of alkyl halides is 3. The van der Waals surface area contributed by atoms with Crippen LogP contribution in [0.5, 0.6) is 0 Å². The van der Waals surface area contributed by atoms with E-state index in [-0.39, 0.29) is 23.6 Å². The third kappa shape index (κ3) is 3.85. The number of H-pyrrole nitrogens is 1. The number of carbonyl (C=O) groups excluding carboxylic acids is 1. The summed E-state index contributed by atoms with van der Waals surface area (Å²) in [6.45, 7) is -0.0778. The maximum absolute atomic E-state index is 14.1. The zero-order chi connectivity index (χ0) is 24.0. The molecule has 0 saturated heterocycles. The molecule has 34 heavy (non-hydrogen) atoms. The second-order valence-electron chi connectivity index (χ2n) is 8.07. The van der Waals surface area contributed by atoms with Crippen LogP contribution >= 0.6 is 0 Å². The number of benzene rings is 1. The third-order valence-corrected chi connectivity index (χ3v) is 5.87. The van der Waals surface area contributed by atoms with E-state index in [1.807, 2.05) is 12.2 Å². The Morgan fingerprint density at radius 3 is 2.56 bits per heavy atom. The molecule has 1 N–H and O–H groups in total. The van der Waals surface area contributed by atoms with Crippen molar-refractivity contribution in [2.24, 2.45) is 0 Å². The van der Waals surface area contributed by atoms with Crippen LogP contribution < -0.4 is 15.4 Å². The number of halogens is 4. The molecule has 10 heteroatoms. The topological polar surface area (TPSA) is 69.3 Å². The Kier molecular flexibility index (Phi) is 5.22. The number of amides is 1. The van der Waals surface area contributed by atoms with Crippen LogP contribution in [0.2, 0.25) is 0 Å². The number of carbonyl (C=O) groups is 1. The van der Waals surface area contributed by atoms with Crippen LogP contribution in [0.4, 0.5) is 34.8 Å². The molecule has 2 aliphatic rings. The molecule has 0 aliphatic carbocycles. The van der Waals surface area contributed by atoms with Crippen molar-refractivity contribution in [3.63, 3.8) is 0 Å². The molecular weight excluding hydrogens is 452 g/mol. The smallest absolute Gasteiger partial charge is 0.324 e. The zero-order valence-electron chi connectivity index (χ0n) is 17.7. The highest BCUT2D eigenvalue weighted by Crippen LogP contribution is 2.39. The first-order chi connectivity index (χ1) is 16.2. The van der Waals surface area contributed by atoms with Crippen molar-refractivity contribution < 1.29 is 22.4 Å². The molecule has 2 bridgehead atoms. The largest absolute Gasteiger partial charge is 0.417 e. The van der Waals surface area contributed by atoms with Gasteiger partial charge in [-0.05, 0) is 55.2 Å². The number of nitrogens with zero attached hydrogens (tertiary/aromatic N) is 3. The van der Waals surface area contributed by atoms with Crippen LogP contribution in [0.3, 0.4) is 0 Å². The highest BCUT2D eigenvalue weighted by Gasteiger charge is 2.38. The van der Waals surface area contributed by atoms with Crippen LogP contribution in [0.1, 0.15) is 33.6 Å². The second kappa shape index (κ2) is 8.12. The van der Waals surface area contributed by atoms with Gasteiger partial charge in [-0.1, -0.05) is 12.2 Å². The van der Waals surface area contributed by atoms with Gasteiger partial charge >= 0.3 is 6.18 Å². The van der Waals surface area contributed by atoms with Crippen LogP contribution in [0.25, 0.3) is 0 Å². The van der Waals surface area contributed by atoms with E-state index >= 15 is 0 Å². The van der Waals surface area contributed by atoms with Gasteiger partial charge in [0.2, 0.25) is 5.56 Å². The van der Waals surface area contributed by atoms with Crippen LogP contribution in [-0.2, 0) is 19.0 Å². The molecule has 0 unspecified atom stereocenters. The molecular formula is C24H18F4N4O2. The van der Waals surface area contributed by atoms with E-state index in [1.165, 1.54) is 35.2 Å². The first-order valence-corrected chi connectivity index (χ1v) is 10.5. The minimum absolute atomic E-state index is 0.0501. The first kappa shape index (κ1) is 21.9. The summed E-state index contributed by atoms with van der Waals surface area (Å²) in [7, 11) is 0. The lowest BCUT2D eigenvalue weighted by atomic mass is 10.0. The van der Waals surface area contributed by atoms with Gasteiger partial charge < -0.3 is 9.88 Å². The van der Waals surface area contributed by atoms with E-state index in [0.717, 1.165) is 6.07 Å². The summed E-state index contributed by atoms with van der Waals surface area (Å²) in [6.07, 6.45) is 1.07. The predicted octanol–water partition coefficient (Wildman–Crippen LogP) is 4.73. The summed E-state index contributed by atoms with van der Waals surface area (Å²) in [4.78, 5) is 35.1. The number of rotatable bonds is 0. The van der Waals surface area contributed by atoms with Crippen molar-refractivity contribution in [3.05, 3.63) is 93.3 Å². The lowest BCUT2D eigenvalue weighted by Gasteiger charge is -2.38. The van der Waals surface area contributed by atoms with Gasteiger partial charge in [0.15, 0.2) is 0 Å². The van der Waals surface area contributed by atoms with Crippen molar-refractivity contribution in [1.82, 2.24) is 9.97 Å². The number of aromatic amines is 1. The molecule has 1 amide bonds. The molecule has 0 fully saturated rings. The monoisotopic (exact) mass is 470 g/mol. The van der Waals surface area contributed by atoms with Gasteiger partial charge in [0.25, 0.3) is 5.91 Å². The summed E-state index contributed by atoms with van der Waals surface area (Å²) < 4.78 is 54.4. The standard InChI is InChI=1S/C24H18F4N4O2/c25-16-6-7-19-14(10-16)4-2-1-3-5-18-20(8-9-21(33)30-18)32-13-31(19)22-17(23(32)34)11-15(12-29-22)24(26,27)28/h1-2,6-12H,3-5,13H2,(H,30,33)/b2-1-. The van der Waals surface area contributed by atoms with Crippen molar-refractivity contribution in [3.8, 4) is 0 Å². The van der Waals surface area contributed by atoms with E-state index in [1.54, 1.807) is 4.90 Å². The Hall–Kier alpha value is -3.95. The number of nitrogens with one attached hydrogen (secondary N) is 1. The quantitative estimate of drug-likeness (QED) is 0.381. The van der Waals surface area contributed by atoms with Crippen molar-refractivity contribution in [2.75, 3.05) is 16.5 Å². The number of allylic oxidation sites excluding steroid dienone is 2. The minimum atomic E-state index is -4.69. The van der Waals surface area contributed by atoms with Gasteiger partial charge in [0, 0.05) is 23.6 Å². The zero-order valence-corrected chi connectivity index (χ0v) is 17.7. The van der Waals surface area contributed by atoms with E-state index in [2.05, 4.69) is 9.97 Å². The van der Waals surface area contributed by atoms with Gasteiger partial charge in [0.05, 0.1) is 16.8 Å². The molecule has 6 nitrogen and oxygen atoms in total. The van der Waals surface area contributed by atoms with Gasteiger partial charge in [-0.3, -0.25) is 14.5 Å².